The zero-order valence-electron chi connectivity index (χ0n) is 25.0. The van der Waals surface area contributed by atoms with Crippen molar-refractivity contribution in [3.05, 3.63) is 35.9 Å². The van der Waals surface area contributed by atoms with Crippen LogP contribution in [-0.2, 0) is 35.1 Å². The Morgan fingerprint density at radius 3 is 2.50 bits per heavy atom. The van der Waals surface area contributed by atoms with Gasteiger partial charge in [0, 0.05) is 76.3 Å². The highest BCUT2D eigenvalue weighted by Gasteiger charge is 2.87. The topological polar surface area (TPSA) is 66.5 Å². The lowest BCUT2D eigenvalue weighted by molar-refractivity contribution is -0.280. The summed E-state index contributed by atoms with van der Waals surface area (Å²) in [7, 11) is 5.64. The van der Waals surface area contributed by atoms with Gasteiger partial charge in [0.05, 0.1) is 30.5 Å². The zero-order valence-corrected chi connectivity index (χ0v) is 25.0. The summed E-state index contributed by atoms with van der Waals surface area (Å²) in [5.41, 5.74) is 0.595. The molecule has 1 aromatic rings. The lowest BCUT2D eigenvalue weighted by atomic mass is 9.43. The number of nitrogens with zero attached hydrogens (tertiary/aromatic N) is 1. The quantitative estimate of drug-likeness (QED) is 0.444. The normalized spacial score (nSPS) is 50.1. The number of benzene rings is 1. The first-order chi connectivity index (χ1) is 19.3. The van der Waals surface area contributed by atoms with Crippen molar-refractivity contribution in [2.75, 3.05) is 34.4 Å². The van der Waals surface area contributed by atoms with E-state index in [9.17, 15) is 4.79 Å². The van der Waals surface area contributed by atoms with Crippen LogP contribution in [0.5, 0.6) is 0 Å². The van der Waals surface area contributed by atoms with Crippen LogP contribution >= 0.6 is 0 Å². The van der Waals surface area contributed by atoms with Crippen LogP contribution in [0, 0.1) is 40.4 Å². The number of fused-ring (bicyclic) bond motifs is 2. The van der Waals surface area contributed by atoms with Crippen LogP contribution in [0.1, 0.15) is 52.0 Å². The maximum Gasteiger partial charge on any atom is 0.302 e. The summed E-state index contributed by atoms with van der Waals surface area (Å²) in [6.45, 7) is 8.91. The fraction of sp³-hybridized carbons (Fsp3) is 0.788. The molecule has 1 spiro atoms. The Bertz CT molecular complexity index is 1130. The SMILES string of the molecule is CCN1C[C@]2(C)CCC(OC)[C@@]34[C@@H]5C[C@@H]6C(OC)C[C@@](OC)([C@H]5C6OCc5ccccc5)[C@@H](C(OC(C)=O)[C@H]23)[C@@H]14. The average molecular weight is 554 g/mol. The lowest BCUT2D eigenvalue weighted by Crippen LogP contribution is -2.76. The third-order valence-electron chi connectivity index (χ3n) is 12.8. The van der Waals surface area contributed by atoms with Gasteiger partial charge in [-0.25, -0.2) is 0 Å². The van der Waals surface area contributed by atoms with Crippen molar-refractivity contribution in [3.63, 3.8) is 0 Å². The molecule has 7 rings (SSSR count). The summed E-state index contributed by atoms with van der Waals surface area (Å²) in [5, 5.41) is 0. The van der Waals surface area contributed by atoms with Crippen LogP contribution < -0.4 is 0 Å². The Morgan fingerprint density at radius 2 is 1.85 bits per heavy atom. The number of rotatable bonds is 8. The van der Waals surface area contributed by atoms with Gasteiger partial charge in [0.15, 0.2) is 0 Å². The smallest absolute Gasteiger partial charge is 0.302 e. The summed E-state index contributed by atoms with van der Waals surface area (Å²) in [6, 6.07) is 10.7. The number of methoxy groups -OCH3 is 3. The summed E-state index contributed by atoms with van der Waals surface area (Å²) in [5.74, 6) is 0.906. The fourth-order valence-corrected chi connectivity index (χ4v) is 12.0. The van der Waals surface area contributed by atoms with E-state index in [1.807, 2.05) is 27.4 Å². The molecule has 7 nitrogen and oxygen atoms in total. The number of hydrogen-bond acceptors (Lipinski definition) is 7. The predicted octanol–water partition coefficient (Wildman–Crippen LogP) is 4.32. The van der Waals surface area contributed by atoms with E-state index in [1.165, 1.54) is 5.56 Å². The maximum absolute atomic E-state index is 12.8. The minimum atomic E-state index is -0.510. The van der Waals surface area contributed by atoms with Gasteiger partial charge >= 0.3 is 5.97 Å². The van der Waals surface area contributed by atoms with Gasteiger partial charge in [-0.1, -0.05) is 44.2 Å². The largest absolute Gasteiger partial charge is 0.462 e. The monoisotopic (exact) mass is 553 g/mol. The molecule has 0 amide bonds. The molecule has 0 aromatic heterocycles. The Hall–Kier alpha value is -1.51. The van der Waals surface area contributed by atoms with Gasteiger partial charge in [-0.15, -0.1) is 0 Å². The van der Waals surface area contributed by atoms with Crippen LogP contribution in [0.15, 0.2) is 30.3 Å². The van der Waals surface area contributed by atoms with Crippen molar-refractivity contribution in [2.45, 2.75) is 89.1 Å². The highest BCUT2D eigenvalue weighted by Crippen LogP contribution is 2.80. The van der Waals surface area contributed by atoms with Crippen molar-refractivity contribution < 1.29 is 28.5 Å². The van der Waals surface area contributed by atoms with Gasteiger partial charge in [0.2, 0.25) is 0 Å². The van der Waals surface area contributed by atoms with Gasteiger partial charge in [-0.05, 0) is 42.7 Å². The van der Waals surface area contributed by atoms with E-state index in [0.717, 1.165) is 38.8 Å². The highest BCUT2D eigenvalue weighted by atomic mass is 16.6. The minimum Gasteiger partial charge on any atom is -0.462 e. The van der Waals surface area contributed by atoms with E-state index in [0.29, 0.717) is 18.4 Å². The van der Waals surface area contributed by atoms with E-state index >= 15 is 0 Å². The number of carbonyl (C=O) groups excluding carboxylic acids is 1. The fourth-order valence-electron chi connectivity index (χ4n) is 12.0. The lowest BCUT2D eigenvalue weighted by Gasteiger charge is -2.69. The molecule has 6 aliphatic rings. The molecule has 220 valence electrons. The number of hydrogen-bond donors (Lipinski definition) is 0. The molecule has 7 bridgehead atoms. The molecule has 1 saturated heterocycles. The van der Waals surface area contributed by atoms with Crippen LogP contribution in [0.25, 0.3) is 0 Å². The van der Waals surface area contributed by atoms with Gasteiger partial charge in [-0.3, -0.25) is 9.69 Å². The van der Waals surface area contributed by atoms with Crippen LogP contribution in [-0.4, -0.2) is 81.3 Å². The van der Waals surface area contributed by atoms with Crippen molar-refractivity contribution in [2.24, 2.45) is 40.4 Å². The Labute approximate surface area is 239 Å². The van der Waals surface area contributed by atoms with Gasteiger partial charge in [0.1, 0.15) is 6.10 Å². The third kappa shape index (κ3) is 3.27. The summed E-state index contributed by atoms with van der Waals surface area (Å²) < 4.78 is 33.2. The van der Waals surface area contributed by atoms with Gasteiger partial charge < -0.3 is 23.7 Å². The van der Waals surface area contributed by atoms with E-state index in [4.69, 9.17) is 23.7 Å². The van der Waals surface area contributed by atoms with Crippen molar-refractivity contribution in [1.29, 1.82) is 0 Å². The number of carbonyl (C=O) groups is 1. The first-order valence-corrected chi connectivity index (χ1v) is 15.5. The molecule has 13 atom stereocenters. The summed E-state index contributed by atoms with van der Waals surface area (Å²) in [4.78, 5) is 15.6. The second-order valence-electron chi connectivity index (χ2n) is 13.9. The Balaban J connectivity index is 1.43. The van der Waals surface area contributed by atoms with E-state index < -0.39 is 5.60 Å². The van der Waals surface area contributed by atoms with Crippen LogP contribution in [0.2, 0.25) is 0 Å². The molecular formula is C33H47NO6. The summed E-state index contributed by atoms with van der Waals surface area (Å²) in [6.07, 6.45) is 3.93. The third-order valence-corrected chi connectivity index (χ3v) is 12.8. The van der Waals surface area contributed by atoms with E-state index in [1.54, 1.807) is 6.92 Å². The minimum absolute atomic E-state index is 0.0149. The summed E-state index contributed by atoms with van der Waals surface area (Å²) >= 11 is 0. The highest BCUT2D eigenvalue weighted by molar-refractivity contribution is 5.66. The molecule has 1 heterocycles. The molecule has 1 aliphatic heterocycles. The van der Waals surface area contributed by atoms with Crippen LogP contribution in [0.4, 0.5) is 0 Å². The first-order valence-electron chi connectivity index (χ1n) is 15.5. The Morgan fingerprint density at radius 1 is 1.07 bits per heavy atom. The molecule has 5 aliphatic carbocycles. The standard InChI is InChI=1S/C33H47NO6/c1-7-34-18-31(3)14-13-24(37-5)33-22-15-21-23(36-4)16-32(38-6,26(30(33)34)28(29(31)33)40-19(2)35)25(22)27(21)39-17-20-11-9-8-10-12-20/h8-12,21-30H,7,13-18H2,1-6H3/t21-,22-,23?,24?,25-,26+,27?,28?,29-,30-,31+,32-,33+/m1/s1. The molecule has 6 fully saturated rings. The van der Waals surface area contributed by atoms with Gasteiger partial charge in [0.25, 0.3) is 0 Å². The second-order valence-corrected chi connectivity index (χ2v) is 13.9. The van der Waals surface area contributed by atoms with Crippen LogP contribution in [0.3, 0.4) is 0 Å². The van der Waals surface area contributed by atoms with Crippen molar-refractivity contribution in [1.82, 2.24) is 4.90 Å². The van der Waals surface area contributed by atoms with E-state index in [2.05, 4.69) is 43.0 Å². The van der Waals surface area contributed by atoms with Gasteiger partial charge in [-0.2, -0.15) is 0 Å². The molecule has 4 unspecified atom stereocenters. The van der Waals surface area contributed by atoms with Crippen molar-refractivity contribution >= 4 is 5.97 Å². The molecule has 5 saturated carbocycles. The first kappa shape index (κ1) is 27.3. The molecule has 40 heavy (non-hydrogen) atoms. The average Bonchev–Trinajstić information content (AvgIpc) is 3.38. The Kier molecular flexibility index (Phi) is 6.49. The maximum atomic E-state index is 12.8. The molecular weight excluding hydrogens is 506 g/mol. The van der Waals surface area contributed by atoms with Crippen molar-refractivity contribution in [3.8, 4) is 0 Å². The molecule has 1 aromatic carbocycles. The number of esters is 1. The molecule has 7 heteroatoms. The number of ether oxygens (including phenoxy) is 5. The molecule has 0 N–H and O–H groups in total. The second kappa shape index (κ2) is 9.50. The predicted molar refractivity (Wildman–Crippen MR) is 149 cm³/mol. The van der Waals surface area contributed by atoms with E-state index in [-0.39, 0.29) is 65.0 Å². The molecule has 0 radical (unpaired) electrons. The zero-order chi connectivity index (χ0) is 28.0. The number of likely N-dealkylation sites (tertiary alicyclic amines) is 1. The number of piperidine rings is 1.